The van der Waals surface area contributed by atoms with Gasteiger partial charge in [0, 0.05) is 54.0 Å². The number of fused-ring (bicyclic) bond motifs is 5. The predicted molar refractivity (Wildman–Crippen MR) is 358 cm³/mol. The largest absolute Gasteiger partial charge is 0.252 e. The van der Waals surface area contributed by atoms with Gasteiger partial charge in [0.2, 0.25) is 0 Å². The molecule has 0 amide bonds. The van der Waals surface area contributed by atoms with E-state index in [4.69, 9.17) is 22.5 Å². The Bertz CT molecular complexity index is 3340. The second-order valence-electron chi connectivity index (χ2n) is 23.6. The number of unbranched alkanes of at least 4 members (excludes halogenated alkanes) is 14. The quantitative estimate of drug-likeness (QED) is 0.0371. The Kier molecular flexibility index (Phi) is 22.0. The molecule has 0 spiro atoms. The fourth-order valence-electron chi connectivity index (χ4n) is 13.4. The van der Waals surface area contributed by atoms with Crippen molar-refractivity contribution < 1.29 is 0 Å². The zero-order chi connectivity index (χ0) is 56.0. The van der Waals surface area contributed by atoms with Crippen LogP contribution in [0.4, 0.5) is 11.4 Å². The van der Waals surface area contributed by atoms with Crippen LogP contribution in [-0.4, -0.2) is 18.7 Å². The third kappa shape index (κ3) is 13.7. The molecule has 81 heavy (non-hydrogen) atoms. The predicted octanol–water partition coefficient (Wildman–Crippen LogP) is 24.6. The molecular formula is C69H88N6S6. The third-order valence-electron chi connectivity index (χ3n) is 17.7. The summed E-state index contributed by atoms with van der Waals surface area (Å²) >= 11 is 10.1. The Hall–Kier alpha value is -4.04. The summed E-state index contributed by atoms with van der Waals surface area (Å²) in [4.78, 5) is 17.6. The minimum atomic E-state index is 0.0335. The standard InChI is InChI=1S/C69H88N6S6/c1-7-13-19-23-31-47(29-17-11-5)39-50-42-56(77-66(50)58-44-70-46-76-58)60-62-64(74-80-72-62)61(65-63(60)73-81-75-65)57-43-51(40-48(30-18-12-6)32-24-20-14-8-2)67(78-57)59-45-71-68(79-59)49-35-36-53-52-33-25-26-34-54(52)69(55(53)41-49,37-27-21-15-9-3)38-28-22-16-10-4/h25-26,33-36,41-48H,7-24,27-32,37-40H2,1-6H3. The van der Waals surface area contributed by atoms with E-state index in [9.17, 15) is 0 Å². The zero-order valence-electron chi connectivity index (χ0n) is 49.5. The smallest absolute Gasteiger partial charge is 0.123 e. The molecule has 2 unspecified atom stereocenters. The minimum Gasteiger partial charge on any atom is -0.252 e. The van der Waals surface area contributed by atoms with E-state index in [0.717, 1.165) is 51.4 Å². The Labute approximate surface area is 509 Å². The van der Waals surface area contributed by atoms with E-state index in [1.807, 2.05) is 39.5 Å². The Morgan fingerprint density at radius 1 is 0.481 bits per heavy atom. The van der Waals surface area contributed by atoms with Gasteiger partial charge in [-0.1, -0.05) is 232 Å². The highest BCUT2D eigenvalue weighted by molar-refractivity contribution is 7.58. The monoisotopic (exact) mass is 1190 g/mol. The summed E-state index contributed by atoms with van der Waals surface area (Å²) < 4.78 is 20.8. The van der Waals surface area contributed by atoms with Crippen LogP contribution in [0.5, 0.6) is 0 Å². The van der Waals surface area contributed by atoms with Gasteiger partial charge in [0.15, 0.2) is 0 Å². The first kappa shape index (κ1) is 60.1. The maximum Gasteiger partial charge on any atom is 0.123 e. The molecular weight excluding hydrogens is 1110 g/mol. The molecule has 6 heterocycles. The number of rotatable bonds is 35. The van der Waals surface area contributed by atoms with Crippen molar-refractivity contribution in [3.8, 4) is 62.1 Å². The van der Waals surface area contributed by atoms with Crippen molar-refractivity contribution in [3.05, 3.63) is 94.8 Å². The highest BCUT2D eigenvalue weighted by Gasteiger charge is 2.42. The van der Waals surface area contributed by atoms with E-state index in [-0.39, 0.29) is 5.41 Å². The number of benzene rings is 3. The van der Waals surface area contributed by atoms with Crippen LogP contribution in [0.3, 0.4) is 0 Å². The van der Waals surface area contributed by atoms with Crippen molar-refractivity contribution in [1.29, 1.82) is 0 Å². The van der Waals surface area contributed by atoms with Gasteiger partial charge in [0.05, 0.1) is 38.3 Å². The van der Waals surface area contributed by atoms with Gasteiger partial charge in [-0.15, -0.1) is 45.3 Å². The zero-order valence-corrected chi connectivity index (χ0v) is 54.4. The summed E-state index contributed by atoms with van der Waals surface area (Å²) in [6.45, 7) is 14.0. The maximum atomic E-state index is 5.37. The van der Waals surface area contributed by atoms with Crippen LogP contribution < -0.4 is 0 Å². The van der Waals surface area contributed by atoms with Crippen LogP contribution >= 0.6 is 57.1 Å². The van der Waals surface area contributed by atoms with Crippen LogP contribution in [0.25, 0.3) is 73.1 Å². The SMILES string of the molecule is CCCCCCC(CCCC)Cc1cc(-c2c3c(c(-c4cc(CC(CCCC)CCCCCC)c(-c5cnc(-c6ccc7c(c6)C(CCCCCC)(CCCCCC)c6ccccc6-7)s5)s4)c4nsnc24)N=S=N3)sc1-c1cncs1. The lowest BCUT2D eigenvalue weighted by Crippen LogP contribution is -2.25. The fraction of sp³-hybridized carbons (Fsp3) is 0.536. The summed E-state index contributed by atoms with van der Waals surface area (Å²) in [6.07, 6.45) is 39.6. The number of hydrogen-bond acceptors (Lipinski definition) is 11. The van der Waals surface area contributed by atoms with E-state index in [2.05, 4.69) is 114 Å². The molecule has 2 aliphatic rings. The van der Waals surface area contributed by atoms with Crippen LogP contribution in [0.1, 0.15) is 231 Å². The van der Waals surface area contributed by atoms with E-state index in [1.54, 1.807) is 16.9 Å². The molecule has 0 saturated heterocycles. The third-order valence-corrected chi connectivity index (χ3v) is 23.4. The van der Waals surface area contributed by atoms with E-state index >= 15 is 0 Å². The van der Waals surface area contributed by atoms with Crippen LogP contribution in [0.2, 0.25) is 0 Å². The topological polar surface area (TPSA) is 76.3 Å². The molecule has 1 aliphatic heterocycles. The maximum absolute atomic E-state index is 5.37. The van der Waals surface area contributed by atoms with Crippen molar-refractivity contribution in [1.82, 2.24) is 18.7 Å². The molecule has 1 aliphatic carbocycles. The van der Waals surface area contributed by atoms with Crippen LogP contribution in [-0.2, 0) is 29.6 Å². The molecule has 0 fully saturated rings. The number of thiophene rings is 2. The van der Waals surface area contributed by atoms with Gasteiger partial charge in [0.25, 0.3) is 0 Å². The molecule has 0 saturated carbocycles. The molecule has 6 nitrogen and oxygen atoms in total. The van der Waals surface area contributed by atoms with Gasteiger partial charge in [-0.3, -0.25) is 4.98 Å². The molecule has 2 atom stereocenters. The van der Waals surface area contributed by atoms with E-state index < -0.39 is 0 Å². The van der Waals surface area contributed by atoms with Crippen molar-refractivity contribution in [2.75, 3.05) is 0 Å². The lowest BCUT2D eigenvalue weighted by molar-refractivity contribution is 0.401. The van der Waals surface area contributed by atoms with Gasteiger partial charge in [-0.2, -0.15) is 17.5 Å². The van der Waals surface area contributed by atoms with E-state index in [0.29, 0.717) is 11.8 Å². The van der Waals surface area contributed by atoms with Crippen LogP contribution in [0.15, 0.2) is 81.2 Å². The molecule has 10 rings (SSSR count). The average Bonchev–Trinajstić information content (AvgIpc) is 4.42. The second kappa shape index (κ2) is 29.7. The van der Waals surface area contributed by atoms with Gasteiger partial charge in [-0.05, 0) is 89.1 Å². The first-order chi connectivity index (χ1) is 39.9. The van der Waals surface area contributed by atoms with E-state index in [1.165, 1.54) is 253 Å². The Balaban J connectivity index is 1.05. The molecule has 3 aromatic carbocycles. The van der Waals surface area contributed by atoms with Gasteiger partial charge >= 0.3 is 0 Å². The summed E-state index contributed by atoms with van der Waals surface area (Å²) in [6, 6.07) is 21.8. The van der Waals surface area contributed by atoms with Gasteiger partial charge in [-0.25, -0.2) is 4.98 Å². The lowest BCUT2D eigenvalue weighted by atomic mass is 9.70. The van der Waals surface area contributed by atoms with Crippen molar-refractivity contribution in [2.45, 2.75) is 227 Å². The molecule has 0 radical (unpaired) electrons. The average molecular weight is 1190 g/mol. The number of thiazole rings is 2. The van der Waals surface area contributed by atoms with Crippen LogP contribution in [0, 0.1) is 11.8 Å². The number of nitrogens with zero attached hydrogens (tertiary/aromatic N) is 6. The Morgan fingerprint density at radius 3 is 1.57 bits per heavy atom. The highest BCUT2D eigenvalue weighted by atomic mass is 32.1. The summed E-state index contributed by atoms with van der Waals surface area (Å²) in [5.74, 6) is 1.29. The first-order valence-electron chi connectivity index (χ1n) is 31.7. The first-order valence-corrected chi connectivity index (χ1v) is 36.5. The Morgan fingerprint density at radius 2 is 1.01 bits per heavy atom. The van der Waals surface area contributed by atoms with Crippen molar-refractivity contribution >= 4 is 90.8 Å². The minimum absolute atomic E-state index is 0.0335. The number of aromatic nitrogens is 4. The molecule has 0 bridgehead atoms. The summed E-state index contributed by atoms with van der Waals surface area (Å²) in [5, 5.41) is 1.11. The summed E-state index contributed by atoms with van der Waals surface area (Å²) in [7, 11) is 0. The number of hydrogen-bond donors (Lipinski definition) is 0. The lowest BCUT2D eigenvalue weighted by Gasteiger charge is -2.33. The molecule has 0 N–H and O–H groups in total. The molecule has 12 heteroatoms. The van der Waals surface area contributed by atoms with Gasteiger partial charge in [0.1, 0.15) is 27.4 Å². The second-order valence-corrected chi connectivity index (χ2v) is 28.7. The normalized spacial score (nSPS) is 14.0. The van der Waals surface area contributed by atoms with Crippen molar-refractivity contribution in [2.24, 2.45) is 20.6 Å². The fourth-order valence-corrected chi connectivity index (χ4v) is 18.8. The summed E-state index contributed by atoms with van der Waals surface area (Å²) in [5.41, 5.74) is 18.0. The molecule has 430 valence electrons. The molecule has 5 aromatic heterocycles. The molecule has 8 aromatic rings. The highest BCUT2D eigenvalue weighted by Crippen LogP contribution is 2.58. The van der Waals surface area contributed by atoms with Gasteiger partial charge < -0.3 is 0 Å². The van der Waals surface area contributed by atoms with Crippen molar-refractivity contribution in [3.63, 3.8) is 0 Å².